The van der Waals surface area contributed by atoms with Crippen LogP contribution in [-0.4, -0.2) is 34.0 Å². The van der Waals surface area contributed by atoms with Crippen LogP contribution in [0.25, 0.3) is 0 Å². The van der Waals surface area contributed by atoms with Crippen molar-refractivity contribution in [3.63, 3.8) is 0 Å². The minimum Gasteiger partial charge on any atom is -0.403 e. The van der Waals surface area contributed by atoms with Crippen molar-refractivity contribution in [2.45, 2.75) is 19.4 Å². The fraction of sp³-hybridized carbons (Fsp3) is 0.167. The van der Waals surface area contributed by atoms with E-state index in [1.165, 1.54) is 18.6 Å². The van der Waals surface area contributed by atoms with E-state index in [2.05, 4.69) is 25.6 Å². The molecule has 0 aliphatic carbocycles. The van der Waals surface area contributed by atoms with Crippen LogP contribution < -0.4 is 27.8 Å². The third-order valence-electron chi connectivity index (χ3n) is 3.63. The van der Waals surface area contributed by atoms with E-state index in [0.29, 0.717) is 17.8 Å². The van der Waals surface area contributed by atoms with Gasteiger partial charge < -0.3 is 27.8 Å². The van der Waals surface area contributed by atoms with Gasteiger partial charge in [0.15, 0.2) is 11.5 Å². The molecule has 28 heavy (non-hydrogen) atoms. The molecule has 1 atom stereocenters. The second-order valence-corrected chi connectivity index (χ2v) is 5.67. The number of nitrogens with zero attached hydrogens (tertiary/aromatic N) is 3. The van der Waals surface area contributed by atoms with Crippen molar-refractivity contribution in [3.05, 3.63) is 54.1 Å². The van der Waals surface area contributed by atoms with Crippen LogP contribution in [0.1, 0.15) is 23.8 Å². The average Bonchev–Trinajstić information content (AvgIpc) is 2.69. The molecule has 10 heteroatoms. The number of hydrogen-bond donors (Lipinski definition) is 5. The number of allylic oxidation sites excluding steroid dienone is 1. The zero-order chi connectivity index (χ0) is 20.5. The van der Waals surface area contributed by atoms with Gasteiger partial charge in [-0.25, -0.2) is 9.97 Å². The number of carbonyl (C=O) groups excluding carboxylic acids is 2. The molecule has 0 aliphatic rings. The van der Waals surface area contributed by atoms with Crippen LogP contribution in [0, 0.1) is 0 Å². The van der Waals surface area contributed by atoms with E-state index >= 15 is 0 Å². The van der Waals surface area contributed by atoms with Crippen molar-refractivity contribution < 1.29 is 9.59 Å². The van der Waals surface area contributed by atoms with Crippen molar-refractivity contribution in [1.82, 2.24) is 9.97 Å². The molecule has 1 aromatic carbocycles. The maximum Gasteiger partial charge on any atom is 0.271 e. The largest absolute Gasteiger partial charge is 0.403 e. The monoisotopic (exact) mass is 382 g/mol. The van der Waals surface area contributed by atoms with Gasteiger partial charge in [0.25, 0.3) is 5.91 Å². The fourth-order valence-electron chi connectivity index (χ4n) is 2.19. The number of amides is 2. The van der Waals surface area contributed by atoms with Gasteiger partial charge in [0.05, 0.1) is 23.8 Å². The molecule has 0 bridgehead atoms. The van der Waals surface area contributed by atoms with Gasteiger partial charge in [-0.2, -0.15) is 0 Å². The van der Waals surface area contributed by atoms with E-state index in [1.54, 1.807) is 6.92 Å². The smallest absolute Gasteiger partial charge is 0.271 e. The molecule has 10 nitrogen and oxygen atoms in total. The summed E-state index contributed by atoms with van der Waals surface area (Å²) in [5.74, 6) is -1.00. The molecule has 0 saturated heterocycles. The first-order valence-electron chi connectivity index (χ1n) is 8.45. The summed E-state index contributed by atoms with van der Waals surface area (Å²) in [6.45, 7) is 1.79. The van der Waals surface area contributed by atoms with Crippen molar-refractivity contribution in [3.8, 4) is 0 Å². The number of hydrogen-bond acceptors (Lipinski definition) is 8. The van der Waals surface area contributed by atoms with Gasteiger partial charge in [-0.05, 0) is 18.6 Å². The van der Waals surface area contributed by atoms with Crippen LogP contribution in [0.2, 0.25) is 0 Å². The Kier molecular flexibility index (Phi) is 7.03. The number of aliphatic imine (C=N–C) groups is 1. The molecule has 2 aromatic rings. The Hall–Kier alpha value is -3.95. The Bertz CT molecular complexity index is 896. The highest BCUT2D eigenvalue weighted by Crippen LogP contribution is 2.16. The molecule has 0 unspecified atom stereocenters. The summed E-state index contributed by atoms with van der Waals surface area (Å²) in [6.07, 6.45) is 4.48. The van der Waals surface area contributed by atoms with Gasteiger partial charge >= 0.3 is 0 Å². The van der Waals surface area contributed by atoms with E-state index in [-0.39, 0.29) is 17.3 Å². The third kappa shape index (κ3) is 5.53. The Morgan fingerprint density at radius 3 is 2.54 bits per heavy atom. The fourth-order valence-corrected chi connectivity index (χ4v) is 2.19. The predicted molar refractivity (Wildman–Crippen MR) is 108 cm³/mol. The molecular weight excluding hydrogens is 360 g/mol. The average molecular weight is 382 g/mol. The first kappa shape index (κ1) is 20.4. The minimum atomic E-state index is -0.778. The number of carbonyl (C=O) groups is 2. The molecule has 8 N–H and O–H groups in total. The number of aromatic nitrogens is 2. The number of nitrogens with two attached hydrogens (primary N) is 3. The molecule has 0 radical (unpaired) electrons. The van der Waals surface area contributed by atoms with Gasteiger partial charge in [0.1, 0.15) is 11.9 Å². The van der Waals surface area contributed by atoms with E-state index < -0.39 is 17.9 Å². The molecule has 2 rings (SSSR count). The quantitative estimate of drug-likeness (QED) is 0.400. The van der Waals surface area contributed by atoms with Gasteiger partial charge in [0, 0.05) is 6.20 Å². The number of rotatable bonds is 9. The Morgan fingerprint density at radius 1 is 1.25 bits per heavy atom. The molecule has 1 heterocycles. The van der Waals surface area contributed by atoms with Crippen LogP contribution in [-0.2, 0) is 4.79 Å². The lowest BCUT2D eigenvalue weighted by Crippen LogP contribution is -2.35. The van der Waals surface area contributed by atoms with Crippen LogP contribution in [0.3, 0.4) is 0 Å². The second-order valence-electron chi connectivity index (χ2n) is 5.67. The lowest BCUT2D eigenvalue weighted by molar-refractivity contribution is -0.118. The minimum absolute atomic E-state index is 0.0630. The molecule has 0 spiro atoms. The first-order valence-corrected chi connectivity index (χ1v) is 8.45. The number of para-hydroxylation sites is 1. The molecule has 2 amide bonds. The number of primary amides is 2. The highest BCUT2D eigenvalue weighted by molar-refractivity contribution is 5.97. The summed E-state index contributed by atoms with van der Waals surface area (Å²) in [4.78, 5) is 35.6. The summed E-state index contributed by atoms with van der Waals surface area (Å²) < 4.78 is 0. The maximum absolute atomic E-state index is 11.7. The number of nitrogens with one attached hydrogen (secondary N) is 2. The van der Waals surface area contributed by atoms with Crippen molar-refractivity contribution in [2.75, 3.05) is 10.6 Å². The SMILES string of the molecule is CC[C@@H](Nc1cnc(C(N)=O)c(N/C(C=Nc2ccccc2)=C/N)n1)C(N)=O. The highest BCUT2D eigenvalue weighted by atomic mass is 16.1. The van der Waals surface area contributed by atoms with Crippen LogP contribution >= 0.6 is 0 Å². The topological polar surface area (TPSA) is 174 Å². The summed E-state index contributed by atoms with van der Waals surface area (Å²) in [5.41, 5.74) is 17.3. The molecule has 0 aliphatic heterocycles. The first-order chi connectivity index (χ1) is 13.4. The Labute approximate surface area is 161 Å². The van der Waals surface area contributed by atoms with E-state index in [1.807, 2.05) is 30.3 Å². The third-order valence-corrected chi connectivity index (χ3v) is 3.63. The van der Waals surface area contributed by atoms with Gasteiger partial charge in [-0.1, -0.05) is 25.1 Å². The van der Waals surface area contributed by atoms with E-state index in [4.69, 9.17) is 17.2 Å². The standard InChI is InChI=1S/C18H22N8O2/c1-2-13(16(20)27)25-14-10-23-15(17(21)28)18(26-14)24-12(8-19)9-22-11-6-4-3-5-7-11/h3-10,13H,2,19H2,1H3,(H2,20,27)(H2,21,28)(H2,24,25,26)/b12-8+,22-9?/t13-/m1/s1. The summed E-state index contributed by atoms with van der Waals surface area (Å²) in [5, 5.41) is 5.73. The van der Waals surface area contributed by atoms with Gasteiger partial charge in [-0.3, -0.25) is 14.6 Å². The van der Waals surface area contributed by atoms with E-state index in [9.17, 15) is 9.59 Å². The Balaban J connectivity index is 2.28. The zero-order valence-electron chi connectivity index (χ0n) is 15.3. The predicted octanol–water partition coefficient (Wildman–Crippen LogP) is 0.866. The molecule has 1 aromatic heterocycles. The summed E-state index contributed by atoms with van der Waals surface area (Å²) >= 11 is 0. The highest BCUT2D eigenvalue weighted by Gasteiger charge is 2.17. The van der Waals surface area contributed by atoms with E-state index in [0.717, 1.165) is 0 Å². The van der Waals surface area contributed by atoms with Crippen LogP contribution in [0.4, 0.5) is 17.3 Å². The molecular formula is C18H22N8O2. The van der Waals surface area contributed by atoms with Crippen molar-refractivity contribution in [1.29, 1.82) is 0 Å². The second kappa shape index (κ2) is 9.67. The lowest BCUT2D eigenvalue weighted by atomic mass is 10.2. The maximum atomic E-state index is 11.7. The van der Waals surface area contributed by atoms with Crippen molar-refractivity contribution >= 4 is 35.4 Å². The number of benzene rings is 1. The zero-order valence-corrected chi connectivity index (χ0v) is 15.3. The van der Waals surface area contributed by atoms with Gasteiger partial charge in [-0.15, -0.1) is 0 Å². The van der Waals surface area contributed by atoms with Crippen molar-refractivity contribution in [2.24, 2.45) is 22.2 Å². The number of anilines is 2. The molecule has 0 saturated carbocycles. The lowest BCUT2D eigenvalue weighted by Gasteiger charge is -2.15. The van der Waals surface area contributed by atoms with Gasteiger partial charge in [0.2, 0.25) is 5.91 Å². The molecule has 0 fully saturated rings. The summed E-state index contributed by atoms with van der Waals surface area (Å²) in [6, 6.07) is 8.57. The van der Waals surface area contributed by atoms with Crippen LogP contribution in [0.15, 0.2) is 53.4 Å². The Morgan fingerprint density at radius 2 is 1.96 bits per heavy atom. The summed E-state index contributed by atoms with van der Waals surface area (Å²) in [7, 11) is 0. The molecule has 146 valence electrons. The van der Waals surface area contributed by atoms with Crippen LogP contribution in [0.5, 0.6) is 0 Å². The normalized spacial score (nSPS) is 12.5.